The van der Waals surface area contributed by atoms with Gasteiger partial charge >= 0.3 is 0 Å². The van der Waals surface area contributed by atoms with Crippen LogP contribution in [-0.4, -0.2) is 87.5 Å². The number of carbonyl (C=O) groups excluding carboxylic acids is 1. The molecule has 476 valence electrons. The van der Waals surface area contributed by atoms with E-state index >= 15 is 0 Å². The Balaban J connectivity index is 2.16. The van der Waals surface area contributed by atoms with Gasteiger partial charge in [0.15, 0.2) is 6.29 Å². The number of ether oxygens (including phenoxy) is 2. The van der Waals surface area contributed by atoms with Crippen LogP contribution in [0.3, 0.4) is 0 Å². The van der Waals surface area contributed by atoms with Gasteiger partial charge < -0.3 is 40.3 Å². The fourth-order valence-corrected chi connectivity index (χ4v) is 10.8. The van der Waals surface area contributed by atoms with Gasteiger partial charge in [-0.05, 0) is 70.6 Å². The van der Waals surface area contributed by atoms with Gasteiger partial charge in [-0.1, -0.05) is 324 Å². The van der Waals surface area contributed by atoms with Crippen LogP contribution in [0, 0.1) is 0 Å². The Bertz CT molecular complexity index is 1570. The number of hydrogen-bond donors (Lipinski definition) is 6. The second-order valence-corrected chi connectivity index (χ2v) is 23.9. The highest BCUT2D eigenvalue weighted by Gasteiger charge is 2.44. The van der Waals surface area contributed by atoms with E-state index in [0.29, 0.717) is 6.42 Å². The molecule has 1 saturated heterocycles. The van der Waals surface area contributed by atoms with Gasteiger partial charge in [0, 0.05) is 6.42 Å². The van der Waals surface area contributed by atoms with E-state index in [0.717, 1.165) is 83.5 Å². The second-order valence-electron chi connectivity index (χ2n) is 23.9. The Morgan fingerprint density at radius 1 is 0.427 bits per heavy atom. The van der Waals surface area contributed by atoms with Crippen molar-refractivity contribution in [1.29, 1.82) is 0 Å². The third kappa shape index (κ3) is 49.6. The largest absolute Gasteiger partial charge is 0.394 e. The number of unbranched alkanes of at least 4 members (excludes halogenated alkanes) is 38. The molecule has 0 aliphatic carbocycles. The van der Waals surface area contributed by atoms with Crippen LogP contribution in [-0.2, 0) is 14.3 Å². The lowest BCUT2D eigenvalue weighted by Crippen LogP contribution is -2.60. The van der Waals surface area contributed by atoms with Crippen LogP contribution in [0.4, 0.5) is 0 Å². The molecule has 0 aromatic heterocycles. The average Bonchev–Trinajstić information content (AvgIpc) is 3.57. The van der Waals surface area contributed by atoms with Crippen molar-refractivity contribution in [2.45, 2.75) is 358 Å². The number of nitrogens with one attached hydrogen (secondary N) is 1. The molecule has 7 unspecified atom stereocenters. The third-order valence-electron chi connectivity index (χ3n) is 16.2. The molecule has 1 aliphatic rings. The number of aliphatic hydroxyl groups excluding tert-OH is 5. The van der Waals surface area contributed by atoms with E-state index in [4.69, 9.17) is 9.47 Å². The van der Waals surface area contributed by atoms with Gasteiger partial charge in [0.2, 0.25) is 5.91 Å². The molecule has 1 rings (SSSR count). The minimum Gasteiger partial charge on any atom is -0.394 e. The predicted molar refractivity (Wildman–Crippen MR) is 350 cm³/mol. The van der Waals surface area contributed by atoms with E-state index in [-0.39, 0.29) is 12.5 Å². The Hall–Kier alpha value is -2.63. The van der Waals surface area contributed by atoms with E-state index in [9.17, 15) is 30.3 Å². The lowest BCUT2D eigenvalue weighted by atomic mass is 9.99. The normalized spacial score (nSPS) is 18.8. The average molecular weight is 1150 g/mol. The summed E-state index contributed by atoms with van der Waals surface area (Å²) in [5.41, 5.74) is 0. The first-order chi connectivity index (χ1) is 40.3. The fraction of sp³-hybridized carbons (Fsp3) is 0.795. The first-order valence-corrected chi connectivity index (χ1v) is 34.8. The molecule has 1 aliphatic heterocycles. The van der Waals surface area contributed by atoms with Crippen LogP contribution in [0.15, 0.2) is 85.1 Å². The summed E-state index contributed by atoms with van der Waals surface area (Å²) in [5.74, 6) is -0.181. The molecule has 1 heterocycles. The van der Waals surface area contributed by atoms with Gasteiger partial charge in [0.05, 0.1) is 25.4 Å². The molecule has 0 saturated carbocycles. The first kappa shape index (κ1) is 77.4. The van der Waals surface area contributed by atoms with Gasteiger partial charge in [-0.2, -0.15) is 0 Å². The van der Waals surface area contributed by atoms with Crippen molar-refractivity contribution in [3.05, 3.63) is 85.1 Å². The number of carbonyl (C=O) groups is 1. The van der Waals surface area contributed by atoms with Crippen molar-refractivity contribution in [2.24, 2.45) is 0 Å². The van der Waals surface area contributed by atoms with Crippen molar-refractivity contribution in [2.75, 3.05) is 13.2 Å². The summed E-state index contributed by atoms with van der Waals surface area (Å²) in [7, 11) is 0. The topological polar surface area (TPSA) is 149 Å². The number of rotatable bonds is 60. The van der Waals surface area contributed by atoms with Crippen molar-refractivity contribution in [3.8, 4) is 0 Å². The molecule has 9 heteroatoms. The Kier molecular flexibility index (Phi) is 58.0. The van der Waals surface area contributed by atoms with Crippen LogP contribution >= 0.6 is 0 Å². The molecule has 6 N–H and O–H groups in total. The Morgan fingerprint density at radius 2 is 0.756 bits per heavy atom. The van der Waals surface area contributed by atoms with Crippen LogP contribution in [0.2, 0.25) is 0 Å². The minimum atomic E-state index is -1.57. The maximum atomic E-state index is 13.1. The lowest BCUT2D eigenvalue weighted by Gasteiger charge is -2.40. The monoisotopic (exact) mass is 1150 g/mol. The number of hydrogen-bond acceptors (Lipinski definition) is 8. The maximum Gasteiger partial charge on any atom is 0.220 e. The summed E-state index contributed by atoms with van der Waals surface area (Å²) in [5, 5.41) is 54.8. The minimum absolute atomic E-state index is 0.181. The number of allylic oxidation sites excluding steroid dienone is 13. The van der Waals surface area contributed by atoms with Gasteiger partial charge in [-0.25, -0.2) is 0 Å². The molecule has 7 atom stereocenters. The van der Waals surface area contributed by atoms with Gasteiger partial charge in [-0.3, -0.25) is 4.79 Å². The van der Waals surface area contributed by atoms with E-state index < -0.39 is 49.5 Å². The molecule has 0 aromatic carbocycles. The second kappa shape index (κ2) is 61.5. The SMILES string of the molecule is CC/C=C\C/C=C\C/C=C\C/C=C\C/C=C\C/C=C\CCCCCCCCCCCCC(=O)NC(COC1OC(CO)C(O)C(O)C1O)C(O)/C=C/CCCCCCCCCCCCCCCCCCCCCCCCCCCCCC. The molecule has 0 radical (unpaired) electrons. The smallest absolute Gasteiger partial charge is 0.220 e. The Morgan fingerprint density at radius 3 is 1.12 bits per heavy atom. The highest BCUT2D eigenvalue weighted by Crippen LogP contribution is 2.23. The summed E-state index contributed by atoms with van der Waals surface area (Å²) >= 11 is 0. The molecule has 82 heavy (non-hydrogen) atoms. The van der Waals surface area contributed by atoms with E-state index in [1.165, 1.54) is 212 Å². The maximum absolute atomic E-state index is 13.1. The molecule has 0 bridgehead atoms. The van der Waals surface area contributed by atoms with Crippen molar-refractivity contribution >= 4 is 5.91 Å². The zero-order chi connectivity index (χ0) is 59.3. The van der Waals surface area contributed by atoms with Gasteiger partial charge in [0.1, 0.15) is 24.4 Å². The van der Waals surface area contributed by atoms with E-state index in [1.54, 1.807) is 6.08 Å². The molecule has 1 fully saturated rings. The molecule has 0 aromatic rings. The highest BCUT2D eigenvalue weighted by atomic mass is 16.7. The lowest BCUT2D eigenvalue weighted by molar-refractivity contribution is -0.302. The molecular weight excluding hydrogens is 1020 g/mol. The fourth-order valence-electron chi connectivity index (χ4n) is 10.8. The van der Waals surface area contributed by atoms with Crippen molar-refractivity contribution in [1.82, 2.24) is 5.32 Å². The van der Waals surface area contributed by atoms with E-state index in [1.807, 2.05) is 6.08 Å². The van der Waals surface area contributed by atoms with Crippen LogP contribution in [0.5, 0.6) is 0 Å². The molecule has 1 amide bonds. The zero-order valence-electron chi connectivity index (χ0n) is 53.2. The summed E-state index contributed by atoms with van der Waals surface area (Å²) in [6.45, 7) is 3.70. The van der Waals surface area contributed by atoms with E-state index in [2.05, 4.69) is 92.1 Å². The number of aliphatic hydroxyl groups is 5. The summed E-state index contributed by atoms with van der Waals surface area (Å²) < 4.78 is 11.3. The Labute approximate surface area is 505 Å². The van der Waals surface area contributed by atoms with Crippen molar-refractivity contribution in [3.63, 3.8) is 0 Å². The van der Waals surface area contributed by atoms with Crippen LogP contribution in [0.1, 0.15) is 316 Å². The van der Waals surface area contributed by atoms with Crippen LogP contribution < -0.4 is 5.32 Å². The summed E-state index contributed by atoms with van der Waals surface area (Å²) in [6.07, 6.45) is 81.1. The summed E-state index contributed by atoms with van der Waals surface area (Å²) in [6, 6.07) is -0.814. The summed E-state index contributed by atoms with van der Waals surface area (Å²) in [4.78, 5) is 13.1. The molecule has 0 spiro atoms. The third-order valence-corrected chi connectivity index (χ3v) is 16.2. The highest BCUT2D eigenvalue weighted by molar-refractivity contribution is 5.76. The van der Waals surface area contributed by atoms with Gasteiger partial charge in [-0.15, -0.1) is 0 Å². The standard InChI is InChI=1S/C73H131NO8/c1-3-5-7-9-11-13-15-17-19-21-23-25-27-29-31-33-35-36-38-40-42-44-46-48-50-52-54-56-58-60-62-67(76)66(65-81-73-72(80)71(79)70(78)68(64-75)82-73)74-69(77)63-61-59-57-55-53-51-49-47-45-43-41-39-37-34-32-30-28-26-24-22-20-18-16-14-12-10-8-6-4-2/h6,8,12,14,18,20,24,26,30,32,37,39,60,62,66-68,70-73,75-76,78-80H,3-5,7,9-11,13,15-17,19,21-23,25,27-29,31,33-36,38,40-59,61,63-65H2,1-2H3,(H,74,77)/b8-6-,14-12-,20-18-,26-24-,32-30-,39-37-,62-60+. The quantitative estimate of drug-likeness (QED) is 0.0261. The predicted octanol–water partition coefficient (Wildman–Crippen LogP) is 18.9. The molecule has 9 nitrogen and oxygen atoms in total. The first-order valence-electron chi connectivity index (χ1n) is 34.8. The molecular formula is C73H131NO8. The number of amides is 1. The van der Waals surface area contributed by atoms with Crippen molar-refractivity contribution < 1.29 is 39.8 Å². The zero-order valence-corrected chi connectivity index (χ0v) is 53.2. The van der Waals surface area contributed by atoms with Crippen LogP contribution in [0.25, 0.3) is 0 Å². The van der Waals surface area contributed by atoms with Gasteiger partial charge in [0.25, 0.3) is 0 Å².